The van der Waals surface area contributed by atoms with Gasteiger partial charge in [-0.05, 0) is 81.5 Å². The lowest BCUT2D eigenvalue weighted by atomic mass is 10.1. The molecule has 0 saturated heterocycles. The van der Waals surface area contributed by atoms with E-state index in [9.17, 15) is 28.3 Å². The van der Waals surface area contributed by atoms with Crippen LogP contribution >= 0.6 is 0 Å². The van der Waals surface area contributed by atoms with Crippen LogP contribution in [0.1, 0.15) is 54.7 Å². The summed E-state index contributed by atoms with van der Waals surface area (Å²) in [6.45, 7) is 6.46. The zero-order valence-corrected chi connectivity index (χ0v) is 22.1. The fourth-order valence-corrected chi connectivity index (χ4v) is 3.15. The van der Waals surface area contributed by atoms with Crippen LogP contribution in [0.3, 0.4) is 0 Å². The first-order valence-electron chi connectivity index (χ1n) is 12.1. The number of halogens is 2. The van der Waals surface area contributed by atoms with Gasteiger partial charge in [0, 0.05) is 23.2 Å². The number of carboxylic acid groups (broad SMARTS) is 1. The first-order chi connectivity index (χ1) is 18.3. The van der Waals surface area contributed by atoms with E-state index in [1.807, 2.05) is 0 Å². The number of rotatable bonds is 9. The molecule has 8 nitrogen and oxygen atoms in total. The molecular formula is C29H31F2N3O5. The zero-order valence-electron chi connectivity index (χ0n) is 22.1. The second-order valence-corrected chi connectivity index (χ2v) is 9.52. The lowest BCUT2D eigenvalue weighted by Crippen LogP contribution is -2.54. The summed E-state index contributed by atoms with van der Waals surface area (Å²) in [5.41, 5.74) is 1.63. The molecule has 206 valence electrons. The maximum atomic E-state index is 12.6. The predicted octanol–water partition coefficient (Wildman–Crippen LogP) is 3.54. The molecule has 0 aliphatic rings. The molecule has 0 aromatic heterocycles. The molecule has 0 bridgehead atoms. The van der Waals surface area contributed by atoms with Crippen LogP contribution in [0, 0.1) is 23.7 Å². The second kappa shape index (κ2) is 14.5. The Labute approximate surface area is 226 Å². The molecule has 0 saturated carbocycles. The van der Waals surface area contributed by atoms with E-state index in [1.54, 1.807) is 57.2 Å². The van der Waals surface area contributed by atoms with Crippen LogP contribution in [0.2, 0.25) is 0 Å². The fourth-order valence-electron chi connectivity index (χ4n) is 3.15. The lowest BCUT2D eigenvalue weighted by molar-refractivity contribution is -0.139. The van der Waals surface area contributed by atoms with Gasteiger partial charge in [-0.2, -0.15) is 0 Å². The predicted molar refractivity (Wildman–Crippen MR) is 142 cm³/mol. The van der Waals surface area contributed by atoms with Gasteiger partial charge in [-0.15, -0.1) is 0 Å². The van der Waals surface area contributed by atoms with Gasteiger partial charge in [0.25, 0.3) is 12.3 Å². The van der Waals surface area contributed by atoms with Crippen molar-refractivity contribution in [3.8, 4) is 23.7 Å². The Morgan fingerprint density at radius 3 is 1.95 bits per heavy atom. The van der Waals surface area contributed by atoms with Gasteiger partial charge in [-0.3, -0.25) is 4.79 Å². The Kier molecular flexibility index (Phi) is 11.5. The molecule has 0 fully saturated rings. The Morgan fingerprint density at radius 1 is 0.923 bits per heavy atom. The molecule has 0 heterocycles. The molecular weight excluding hydrogens is 508 g/mol. The highest BCUT2D eigenvalue weighted by Crippen LogP contribution is 2.09. The first-order valence-corrected chi connectivity index (χ1v) is 12.1. The van der Waals surface area contributed by atoms with Crippen LogP contribution in [0.5, 0.6) is 0 Å². The van der Waals surface area contributed by atoms with Crippen LogP contribution in [-0.2, 0) is 16.1 Å². The Morgan fingerprint density at radius 2 is 1.46 bits per heavy atom. The molecule has 10 heteroatoms. The highest BCUT2D eigenvalue weighted by Gasteiger charge is 2.29. The summed E-state index contributed by atoms with van der Waals surface area (Å²) in [7, 11) is 0. The highest BCUT2D eigenvalue weighted by molar-refractivity contribution is 5.97. The minimum Gasteiger partial charge on any atom is -0.480 e. The van der Waals surface area contributed by atoms with E-state index in [0.29, 0.717) is 12.1 Å². The highest BCUT2D eigenvalue weighted by atomic mass is 19.3. The summed E-state index contributed by atoms with van der Waals surface area (Å²) in [5.74, 6) is 9.25. The molecule has 0 spiro atoms. The Hall–Kier alpha value is -4.41. The molecule has 0 unspecified atom stereocenters. The number of hydrogen-bond acceptors (Lipinski definition) is 5. The van der Waals surface area contributed by atoms with Crippen molar-refractivity contribution in [2.45, 2.75) is 58.3 Å². The van der Waals surface area contributed by atoms with Crippen molar-refractivity contribution in [2.75, 3.05) is 6.54 Å². The third kappa shape index (κ3) is 11.7. The van der Waals surface area contributed by atoms with Gasteiger partial charge < -0.3 is 25.8 Å². The zero-order chi connectivity index (χ0) is 29.0. The van der Waals surface area contributed by atoms with Crippen molar-refractivity contribution in [1.29, 1.82) is 0 Å². The number of carbonyl (C=O) groups excluding carboxylic acids is 2. The lowest BCUT2D eigenvalue weighted by Gasteiger charge is -2.25. The summed E-state index contributed by atoms with van der Waals surface area (Å²) in [6.07, 6.45) is -3.19. The van der Waals surface area contributed by atoms with Crippen molar-refractivity contribution in [3.05, 3.63) is 70.8 Å². The number of benzene rings is 2. The molecule has 2 aromatic carbocycles. The first kappa shape index (κ1) is 30.8. The van der Waals surface area contributed by atoms with Crippen LogP contribution < -0.4 is 16.0 Å². The van der Waals surface area contributed by atoms with Crippen LogP contribution in [0.4, 0.5) is 13.6 Å². The quantitative estimate of drug-likeness (QED) is 0.362. The average Bonchev–Trinajstić information content (AvgIpc) is 2.84. The van der Waals surface area contributed by atoms with E-state index in [4.69, 9.17) is 4.74 Å². The average molecular weight is 540 g/mol. The summed E-state index contributed by atoms with van der Waals surface area (Å²) in [6, 6.07) is 11.0. The van der Waals surface area contributed by atoms with Crippen molar-refractivity contribution < 1.29 is 33.0 Å². The second-order valence-electron chi connectivity index (χ2n) is 9.52. The van der Waals surface area contributed by atoms with E-state index in [-0.39, 0.29) is 12.1 Å². The summed E-state index contributed by atoms with van der Waals surface area (Å²) < 4.78 is 29.5. The maximum absolute atomic E-state index is 12.6. The van der Waals surface area contributed by atoms with Gasteiger partial charge in [0.05, 0.1) is 12.6 Å². The van der Waals surface area contributed by atoms with E-state index in [0.717, 1.165) is 11.1 Å². The van der Waals surface area contributed by atoms with E-state index >= 15 is 0 Å². The van der Waals surface area contributed by atoms with Crippen LogP contribution in [0.25, 0.3) is 0 Å². The minimum atomic E-state index is -2.39. The number of carboxylic acids is 1. The molecule has 4 N–H and O–H groups in total. The topological polar surface area (TPSA) is 117 Å². The number of amides is 2. The van der Waals surface area contributed by atoms with Gasteiger partial charge in [-0.1, -0.05) is 24.0 Å². The number of alkyl carbamates (subject to hydrolysis) is 1. The van der Waals surface area contributed by atoms with Crippen molar-refractivity contribution in [2.24, 2.45) is 0 Å². The van der Waals surface area contributed by atoms with Gasteiger partial charge in [0.1, 0.15) is 11.6 Å². The van der Waals surface area contributed by atoms with Crippen LogP contribution in [0.15, 0.2) is 48.5 Å². The van der Waals surface area contributed by atoms with Gasteiger partial charge in [0.15, 0.2) is 0 Å². The molecule has 2 amide bonds. The molecule has 0 aliphatic heterocycles. The smallest absolute Gasteiger partial charge is 0.407 e. The van der Waals surface area contributed by atoms with Gasteiger partial charge >= 0.3 is 12.1 Å². The van der Waals surface area contributed by atoms with Gasteiger partial charge in [-0.25, -0.2) is 18.4 Å². The third-order valence-electron chi connectivity index (χ3n) is 5.00. The number of ether oxygens (including phenoxy) is 1. The number of nitrogens with one attached hydrogen (secondary N) is 3. The Balaban J connectivity index is 1.95. The monoisotopic (exact) mass is 539 g/mol. The SMILES string of the molecule is C[C@@H](NC(=O)OC(C)(C)C)[C@H](NC(=O)c1ccc(C#CC#Cc2ccc(CNCC(F)F)cc2)cc1)C(=O)O. The maximum Gasteiger partial charge on any atom is 0.407 e. The third-order valence-corrected chi connectivity index (χ3v) is 5.00. The van der Waals surface area contributed by atoms with E-state index in [2.05, 4.69) is 39.6 Å². The Bertz CT molecular complexity index is 1260. The number of aliphatic carboxylic acids is 1. The standard InChI is InChI=1S/C29H31F2N3O5/c1-19(33-28(38)39-29(2,3)4)25(27(36)37)34-26(35)23-15-13-21(14-16-23)8-6-5-7-20-9-11-22(12-10-20)17-32-18-24(30)31/h9-16,19,24-25,32H,17-18H2,1-4H3,(H,33,38)(H,34,35)(H,36,37)/t19-,25+/m1/s1. The molecule has 39 heavy (non-hydrogen) atoms. The summed E-state index contributed by atoms with van der Waals surface area (Å²) in [5, 5.41) is 17.0. The molecule has 2 atom stereocenters. The summed E-state index contributed by atoms with van der Waals surface area (Å²) in [4.78, 5) is 36.3. The largest absolute Gasteiger partial charge is 0.480 e. The minimum absolute atomic E-state index is 0.213. The normalized spacial score (nSPS) is 12.2. The van der Waals surface area contributed by atoms with Crippen molar-refractivity contribution in [3.63, 3.8) is 0 Å². The van der Waals surface area contributed by atoms with Gasteiger partial charge in [0.2, 0.25) is 0 Å². The molecule has 2 aromatic rings. The number of alkyl halides is 2. The van der Waals surface area contributed by atoms with Crippen molar-refractivity contribution >= 4 is 18.0 Å². The fraction of sp³-hybridized carbons (Fsp3) is 0.345. The molecule has 2 rings (SSSR count). The van der Waals surface area contributed by atoms with E-state index in [1.165, 1.54) is 19.1 Å². The number of carbonyl (C=O) groups is 3. The number of hydrogen-bond donors (Lipinski definition) is 4. The molecule has 0 radical (unpaired) electrons. The van der Waals surface area contributed by atoms with Crippen LogP contribution in [-0.4, -0.2) is 53.7 Å². The molecule has 0 aliphatic carbocycles. The van der Waals surface area contributed by atoms with E-state index < -0.39 is 42.1 Å². The van der Waals surface area contributed by atoms with Crippen molar-refractivity contribution in [1.82, 2.24) is 16.0 Å². The summed E-state index contributed by atoms with van der Waals surface area (Å²) >= 11 is 0.